The van der Waals surface area contributed by atoms with Gasteiger partial charge in [0.1, 0.15) is 5.76 Å². The highest BCUT2D eigenvalue weighted by Crippen LogP contribution is 2.36. The molecule has 0 spiro atoms. The Morgan fingerprint density at radius 2 is 2.00 bits per heavy atom. The van der Waals surface area contributed by atoms with E-state index < -0.39 is 0 Å². The molecule has 21 heavy (non-hydrogen) atoms. The predicted molar refractivity (Wildman–Crippen MR) is 82.8 cm³/mol. The lowest BCUT2D eigenvalue weighted by atomic mass is 10.1. The number of hydrogen-bond acceptors (Lipinski definition) is 2. The van der Waals surface area contributed by atoms with Crippen molar-refractivity contribution in [3.05, 3.63) is 66.1 Å². The zero-order valence-corrected chi connectivity index (χ0v) is 12.2. The number of nitrogens with zero attached hydrogens (tertiary/aromatic N) is 1. The maximum Gasteiger partial charge on any atom is 0.251 e. The van der Waals surface area contributed by atoms with Gasteiger partial charge in [-0.15, -0.1) is 0 Å². The van der Waals surface area contributed by atoms with Crippen LogP contribution in [0.2, 0.25) is 0 Å². The highest BCUT2D eigenvalue weighted by Gasteiger charge is 2.24. The van der Waals surface area contributed by atoms with Crippen molar-refractivity contribution in [2.24, 2.45) is 5.92 Å². The van der Waals surface area contributed by atoms with Gasteiger partial charge in [-0.2, -0.15) is 0 Å². The fourth-order valence-corrected chi connectivity index (χ4v) is 2.39. The summed E-state index contributed by atoms with van der Waals surface area (Å²) < 4.78 is 5.39. The Morgan fingerprint density at radius 1 is 1.24 bits per heavy atom. The maximum atomic E-state index is 12.6. The van der Waals surface area contributed by atoms with Crippen LogP contribution in [0.1, 0.15) is 25.5 Å². The SMILES string of the molecule is C/C(=C\C(=O)N(Cc1ccco1)c1ccccc1)C1CC1. The van der Waals surface area contributed by atoms with Gasteiger partial charge in [-0.3, -0.25) is 4.79 Å². The summed E-state index contributed by atoms with van der Waals surface area (Å²) in [5.41, 5.74) is 2.07. The smallest absolute Gasteiger partial charge is 0.251 e. The predicted octanol–water partition coefficient (Wildman–Crippen LogP) is 4.17. The number of allylic oxidation sites excluding steroid dienone is 1. The summed E-state index contributed by atoms with van der Waals surface area (Å²) in [4.78, 5) is 14.4. The van der Waals surface area contributed by atoms with E-state index in [0.717, 1.165) is 11.4 Å². The number of anilines is 1. The molecule has 3 rings (SSSR count). The number of carbonyl (C=O) groups excluding carboxylic acids is 1. The van der Waals surface area contributed by atoms with E-state index in [-0.39, 0.29) is 5.91 Å². The Balaban J connectivity index is 1.84. The average Bonchev–Trinajstić information content (AvgIpc) is 3.23. The quantitative estimate of drug-likeness (QED) is 0.771. The van der Waals surface area contributed by atoms with E-state index in [4.69, 9.17) is 4.42 Å². The molecule has 3 nitrogen and oxygen atoms in total. The van der Waals surface area contributed by atoms with Gasteiger partial charge in [-0.25, -0.2) is 0 Å². The molecule has 1 amide bonds. The first-order valence-electron chi connectivity index (χ1n) is 7.31. The van der Waals surface area contributed by atoms with Crippen molar-refractivity contribution in [2.75, 3.05) is 4.90 Å². The van der Waals surface area contributed by atoms with Crippen molar-refractivity contribution in [2.45, 2.75) is 26.3 Å². The highest BCUT2D eigenvalue weighted by atomic mass is 16.3. The second-order valence-electron chi connectivity index (χ2n) is 5.50. The molecule has 1 aromatic carbocycles. The normalized spacial score (nSPS) is 15.0. The molecule has 0 N–H and O–H groups in total. The molecule has 0 saturated heterocycles. The number of rotatable bonds is 5. The van der Waals surface area contributed by atoms with Crippen LogP contribution in [0.25, 0.3) is 0 Å². The van der Waals surface area contributed by atoms with Gasteiger partial charge in [0.15, 0.2) is 0 Å². The fourth-order valence-electron chi connectivity index (χ4n) is 2.39. The molecule has 3 heteroatoms. The number of hydrogen-bond donors (Lipinski definition) is 0. The monoisotopic (exact) mass is 281 g/mol. The molecule has 1 saturated carbocycles. The van der Waals surface area contributed by atoms with Crippen LogP contribution in [0, 0.1) is 5.92 Å². The molecule has 1 aliphatic rings. The average molecular weight is 281 g/mol. The third kappa shape index (κ3) is 3.43. The summed E-state index contributed by atoms with van der Waals surface area (Å²) in [6.45, 7) is 2.50. The van der Waals surface area contributed by atoms with Crippen molar-refractivity contribution in [1.82, 2.24) is 0 Å². The summed E-state index contributed by atoms with van der Waals surface area (Å²) in [5, 5.41) is 0. The zero-order valence-electron chi connectivity index (χ0n) is 12.2. The Bertz CT molecular complexity index is 625. The van der Waals surface area contributed by atoms with E-state index in [2.05, 4.69) is 0 Å². The van der Waals surface area contributed by atoms with Crippen LogP contribution in [0.15, 0.2) is 64.8 Å². The lowest BCUT2D eigenvalue weighted by Crippen LogP contribution is -2.28. The van der Waals surface area contributed by atoms with Crippen molar-refractivity contribution in [1.29, 1.82) is 0 Å². The second-order valence-corrected chi connectivity index (χ2v) is 5.50. The van der Waals surface area contributed by atoms with Gasteiger partial charge in [0.2, 0.25) is 0 Å². The Hall–Kier alpha value is -2.29. The standard InChI is InChI=1S/C18H19NO2/c1-14(15-9-10-15)12-18(20)19(13-17-8-5-11-21-17)16-6-3-2-4-7-16/h2-8,11-12,15H,9-10,13H2,1H3/b14-12+. The molecular weight excluding hydrogens is 262 g/mol. The molecular formula is C18H19NO2. The molecule has 1 fully saturated rings. The summed E-state index contributed by atoms with van der Waals surface area (Å²) in [6, 6.07) is 13.5. The molecule has 108 valence electrons. The van der Waals surface area contributed by atoms with Crippen LogP contribution < -0.4 is 4.90 Å². The van der Waals surface area contributed by atoms with Crippen LogP contribution in [-0.2, 0) is 11.3 Å². The van der Waals surface area contributed by atoms with E-state index in [1.165, 1.54) is 18.4 Å². The summed E-state index contributed by atoms with van der Waals surface area (Å²) >= 11 is 0. The minimum absolute atomic E-state index is 0.0157. The molecule has 2 aromatic rings. The lowest BCUT2D eigenvalue weighted by molar-refractivity contribution is -0.114. The molecule has 0 unspecified atom stereocenters. The number of benzene rings is 1. The van der Waals surface area contributed by atoms with E-state index in [9.17, 15) is 4.79 Å². The maximum absolute atomic E-state index is 12.6. The third-order valence-electron chi connectivity index (χ3n) is 3.80. The first-order chi connectivity index (χ1) is 10.2. The first-order valence-corrected chi connectivity index (χ1v) is 7.31. The first kappa shape index (κ1) is 13.7. The molecule has 0 aliphatic heterocycles. The Kier molecular flexibility index (Phi) is 3.91. The zero-order chi connectivity index (χ0) is 14.7. The number of furan rings is 1. The summed E-state index contributed by atoms with van der Waals surface area (Å²) in [5.74, 6) is 1.40. The van der Waals surface area contributed by atoms with E-state index in [1.54, 1.807) is 17.2 Å². The van der Waals surface area contributed by atoms with E-state index >= 15 is 0 Å². The van der Waals surface area contributed by atoms with E-state index in [1.807, 2.05) is 49.4 Å². The van der Waals surface area contributed by atoms with Crippen molar-refractivity contribution in [3.63, 3.8) is 0 Å². The summed E-state index contributed by atoms with van der Waals surface area (Å²) in [7, 11) is 0. The second kappa shape index (κ2) is 6.00. The molecule has 1 aromatic heterocycles. The van der Waals surface area contributed by atoms with Crippen LogP contribution in [0.4, 0.5) is 5.69 Å². The largest absolute Gasteiger partial charge is 0.467 e. The van der Waals surface area contributed by atoms with Crippen molar-refractivity contribution >= 4 is 11.6 Å². The number of carbonyl (C=O) groups is 1. The lowest BCUT2D eigenvalue weighted by Gasteiger charge is -2.20. The van der Waals surface area contributed by atoms with Gasteiger partial charge in [-0.05, 0) is 49.9 Å². The number of amides is 1. The molecule has 0 atom stereocenters. The van der Waals surface area contributed by atoms with Gasteiger partial charge in [0.05, 0.1) is 12.8 Å². The third-order valence-corrected chi connectivity index (χ3v) is 3.80. The minimum Gasteiger partial charge on any atom is -0.467 e. The van der Waals surface area contributed by atoms with Crippen LogP contribution in [0.5, 0.6) is 0 Å². The highest BCUT2D eigenvalue weighted by molar-refractivity contribution is 6.01. The molecule has 0 radical (unpaired) electrons. The Morgan fingerprint density at radius 3 is 2.62 bits per heavy atom. The van der Waals surface area contributed by atoms with Gasteiger partial charge >= 0.3 is 0 Å². The Labute approximate surface area is 124 Å². The van der Waals surface area contributed by atoms with Crippen molar-refractivity contribution in [3.8, 4) is 0 Å². The van der Waals surface area contributed by atoms with E-state index in [0.29, 0.717) is 12.5 Å². The van der Waals surface area contributed by atoms with Crippen LogP contribution in [0.3, 0.4) is 0 Å². The van der Waals surface area contributed by atoms with Crippen LogP contribution >= 0.6 is 0 Å². The molecule has 0 bridgehead atoms. The van der Waals surface area contributed by atoms with Crippen molar-refractivity contribution < 1.29 is 9.21 Å². The topological polar surface area (TPSA) is 33.5 Å². The fraction of sp³-hybridized carbons (Fsp3) is 0.278. The number of para-hydroxylation sites is 1. The van der Waals surface area contributed by atoms with Crippen LogP contribution in [-0.4, -0.2) is 5.91 Å². The molecule has 1 heterocycles. The van der Waals surface area contributed by atoms with Gasteiger partial charge < -0.3 is 9.32 Å². The van der Waals surface area contributed by atoms with Gasteiger partial charge in [0.25, 0.3) is 5.91 Å². The minimum atomic E-state index is 0.0157. The molecule has 1 aliphatic carbocycles. The summed E-state index contributed by atoms with van der Waals surface area (Å²) in [6.07, 6.45) is 5.82. The van der Waals surface area contributed by atoms with Gasteiger partial charge in [0, 0.05) is 11.8 Å². The van der Waals surface area contributed by atoms with Gasteiger partial charge in [-0.1, -0.05) is 23.8 Å².